The number of nitrogens with two attached hydrogens (primary N) is 1. The first kappa shape index (κ1) is 20.6. The lowest BCUT2D eigenvalue weighted by Gasteiger charge is -2.26. The molecule has 3 fully saturated rings. The Morgan fingerprint density at radius 1 is 1.27 bits per heavy atom. The molecule has 2 heterocycles. The lowest BCUT2D eigenvalue weighted by molar-refractivity contribution is 0.0518. The van der Waals surface area contributed by atoms with E-state index in [4.69, 9.17) is 15.2 Å². The summed E-state index contributed by atoms with van der Waals surface area (Å²) in [6.45, 7) is 6.42. The van der Waals surface area contributed by atoms with Crippen LogP contribution in [0.25, 0.3) is 0 Å². The number of hydrogen-bond acceptors (Lipinski definition) is 6. The van der Waals surface area contributed by atoms with Crippen LogP contribution < -0.4 is 20.9 Å². The van der Waals surface area contributed by atoms with E-state index in [2.05, 4.69) is 5.32 Å². The summed E-state index contributed by atoms with van der Waals surface area (Å²) in [5.41, 5.74) is 5.00. The smallest absolute Gasteiger partial charge is 0.414 e. The highest BCUT2D eigenvalue weighted by Gasteiger charge is 2.57. The first-order chi connectivity index (χ1) is 14.1. The molecule has 164 valence electrons. The standard InChI is InChI=1S/C20H26F2N4O4/c1-20(2,3)30-18(27)24-16-12-7-25(8-13(12)16)17-14(21)4-10(5-15(17)22)26-11(6-23)9-29-19(26)28/h4-5,11-13,16H,6-9,23H2,1-3H3,(H,24,27)/t11-,12-,13+,16?/m0/s1. The van der Waals surface area contributed by atoms with E-state index in [0.717, 1.165) is 12.1 Å². The highest BCUT2D eigenvalue weighted by molar-refractivity contribution is 5.90. The van der Waals surface area contributed by atoms with Crippen molar-refractivity contribution in [1.29, 1.82) is 0 Å². The van der Waals surface area contributed by atoms with E-state index in [1.54, 1.807) is 25.7 Å². The molecule has 0 spiro atoms. The second kappa shape index (κ2) is 7.26. The van der Waals surface area contributed by atoms with E-state index >= 15 is 0 Å². The fourth-order valence-electron chi connectivity index (χ4n) is 4.31. The third kappa shape index (κ3) is 3.76. The third-order valence-corrected chi connectivity index (χ3v) is 5.71. The van der Waals surface area contributed by atoms with Crippen molar-refractivity contribution in [3.05, 3.63) is 23.8 Å². The molecule has 10 heteroatoms. The number of amides is 2. The molecular weight excluding hydrogens is 398 g/mol. The van der Waals surface area contributed by atoms with Gasteiger partial charge in [0.2, 0.25) is 0 Å². The molecule has 1 aromatic rings. The Labute approximate surface area is 173 Å². The summed E-state index contributed by atoms with van der Waals surface area (Å²) in [5, 5.41) is 2.83. The SMILES string of the molecule is CC(C)(C)OC(=O)NC1[C@H]2CN(c3c(F)cc(N4C(=O)OC[C@@H]4CN)cc3F)C[C@@H]12. The van der Waals surface area contributed by atoms with Gasteiger partial charge in [-0.05, 0) is 20.8 Å². The summed E-state index contributed by atoms with van der Waals surface area (Å²) in [7, 11) is 0. The summed E-state index contributed by atoms with van der Waals surface area (Å²) >= 11 is 0. The Kier molecular flexibility index (Phi) is 5.00. The lowest BCUT2D eigenvalue weighted by atomic mass is 10.2. The molecule has 1 saturated carbocycles. The fraction of sp³-hybridized carbons (Fsp3) is 0.600. The van der Waals surface area contributed by atoms with Crippen LogP contribution >= 0.6 is 0 Å². The van der Waals surface area contributed by atoms with Crippen molar-refractivity contribution in [3.8, 4) is 0 Å². The van der Waals surface area contributed by atoms with Gasteiger partial charge in [0, 0.05) is 49.6 Å². The molecule has 4 rings (SSSR count). The number of carbonyl (C=O) groups is 2. The lowest BCUT2D eigenvalue weighted by Crippen LogP contribution is -2.39. The summed E-state index contributed by atoms with van der Waals surface area (Å²) in [4.78, 5) is 26.7. The van der Waals surface area contributed by atoms with E-state index in [0.29, 0.717) is 13.1 Å². The zero-order valence-electron chi connectivity index (χ0n) is 17.2. The monoisotopic (exact) mass is 424 g/mol. The Morgan fingerprint density at radius 2 is 1.87 bits per heavy atom. The number of piperidine rings is 1. The van der Waals surface area contributed by atoms with Crippen LogP contribution in [-0.4, -0.2) is 56.1 Å². The number of anilines is 2. The molecule has 1 unspecified atom stereocenters. The molecule has 8 nitrogen and oxygen atoms in total. The summed E-state index contributed by atoms with van der Waals surface area (Å²) in [6.07, 6.45) is -1.16. The molecule has 2 saturated heterocycles. The molecule has 0 aromatic heterocycles. The highest BCUT2D eigenvalue weighted by Crippen LogP contribution is 2.48. The van der Waals surface area contributed by atoms with Gasteiger partial charge in [0.15, 0.2) is 11.6 Å². The van der Waals surface area contributed by atoms with Gasteiger partial charge in [-0.3, -0.25) is 4.90 Å². The number of benzene rings is 1. The van der Waals surface area contributed by atoms with Gasteiger partial charge < -0.3 is 25.4 Å². The third-order valence-electron chi connectivity index (χ3n) is 5.71. The van der Waals surface area contributed by atoms with Crippen molar-refractivity contribution in [1.82, 2.24) is 5.32 Å². The number of ether oxygens (including phenoxy) is 2. The van der Waals surface area contributed by atoms with Crippen LogP contribution in [0.4, 0.5) is 29.7 Å². The molecule has 3 aliphatic rings. The molecule has 2 aliphatic heterocycles. The van der Waals surface area contributed by atoms with Crippen LogP contribution in [0.15, 0.2) is 12.1 Å². The number of nitrogens with zero attached hydrogens (tertiary/aromatic N) is 2. The molecule has 0 bridgehead atoms. The minimum absolute atomic E-state index is 0.0498. The molecular formula is C20H26F2N4O4. The van der Waals surface area contributed by atoms with Gasteiger partial charge in [-0.2, -0.15) is 0 Å². The topological polar surface area (TPSA) is 97.1 Å². The van der Waals surface area contributed by atoms with Gasteiger partial charge in [-0.1, -0.05) is 0 Å². The zero-order valence-corrected chi connectivity index (χ0v) is 17.2. The molecule has 30 heavy (non-hydrogen) atoms. The van der Waals surface area contributed by atoms with Crippen molar-refractivity contribution in [3.63, 3.8) is 0 Å². The van der Waals surface area contributed by atoms with Crippen LogP contribution in [0.3, 0.4) is 0 Å². The molecule has 3 N–H and O–H groups in total. The van der Waals surface area contributed by atoms with Gasteiger partial charge in [0.25, 0.3) is 0 Å². The Hall–Kier alpha value is -2.62. The number of halogens is 2. The number of nitrogens with one attached hydrogen (secondary N) is 1. The number of carbonyl (C=O) groups excluding carboxylic acids is 2. The number of fused-ring (bicyclic) bond motifs is 1. The zero-order chi connectivity index (χ0) is 21.8. The van der Waals surface area contributed by atoms with E-state index < -0.39 is 35.5 Å². The van der Waals surface area contributed by atoms with Gasteiger partial charge in [-0.25, -0.2) is 18.4 Å². The van der Waals surface area contributed by atoms with Gasteiger partial charge in [0.05, 0.1) is 11.7 Å². The van der Waals surface area contributed by atoms with Gasteiger partial charge >= 0.3 is 12.2 Å². The number of rotatable bonds is 4. The molecule has 0 radical (unpaired) electrons. The van der Waals surface area contributed by atoms with Crippen LogP contribution in [0.1, 0.15) is 20.8 Å². The first-order valence-corrected chi connectivity index (χ1v) is 9.98. The van der Waals surface area contributed by atoms with Crippen molar-refractivity contribution < 1.29 is 27.8 Å². The Balaban J connectivity index is 1.42. The summed E-state index contributed by atoms with van der Waals surface area (Å²) in [6, 6.07) is 1.76. The van der Waals surface area contributed by atoms with E-state index in [1.165, 1.54) is 4.90 Å². The van der Waals surface area contributed by atoms with Crippen molar-refractivity contribution >= 4 is 23.6 Å². The normalized spacial score (nSPS) is 27.7. The minimum Gasteiger partial charge on any atom is -0.447 e. The van der Waals surface area contributed by atoms with Crippen LogP contribution in [0.5, 0.6) is 0 Å². The number of cyclic esters (lactones) is 1. The second-order valence-electron chi connectivity index (χ2n) is 9.00. The predicted molar refractivity (Wildman–Crippen MR) is 105 cm³/mol. The van der Waals surface area contributed by atoms with Gasteiger partial charge in [0.1, 0.15) is 17.9 Å². The quantitative estimate of drug-likeness (QED) is 0.769. The number of hydrogen-bond donors (Lipinski definition) is 2. The maximum atomic E-state index is 14.8. The van der Waals surface area contributed by atoms with Gasteiger partial charge in [-0.15, -0.1) is 0 Å². The highest BCUT2D eigenvalue weighted by atomic mass is 19.1. The maximum absolute atomic E-state index is 14.8. The summed E-state index contributed by atoms with van der Waals surface area (Å²) in [5.74, 6) is -1.27. The molecule has 2 amide bonds. The molecule has 4 atom stereocenters. The van der Waals surface area contributed by atoms with Crippen LogP contribution in [-0.2, 0) is 9.47 Å². The van der Waals surface area contributed by atoms with Crippen LogP contribution in [0, 0.1) is 23.5 Å². The predicted octanol–water partition coefficient (Wildman–Crippen LogP) is 2.21. The fourth-order valence-corrected chi connectivity index (χ4v) is 4.31. The van der Waals surface area contributed by atoms with E-state index in [1.807, 2.05) is 0 Å². The Morgan fingerprint density at radius 3 is 2.40 bits per heavy atom. The Bertz CT molecular complexity index is 840. The maximum Gasteiger partial charge on any atom is 0.414 e. The minimum atomic E-state index is -0.751. The van der Waals surface area contributed by atoms with Crippen molar-refractivity contribution in [2.45, 2.75) is 38.5 Å². The van der Waals surface area contributed by atoms with Crippen molar-refractivity contribution in [2.75, 3.05) is 36.0 Å². The van der Waals surface area contributed by atoms with E-state index in [-0.39, 0.29) is 42.4 Å². The van der Waals surface area contributed by atoms with Crippen LogP contribution in [0.2, 0.25) is 0 Å². The number of alkyl carbamates (subject to hydrolysis) is 1. The largest absolute Gasteiger partial charge is 0.447 e. The average molecular weight is 424 g/mol. The molecule has 1 aliphatic carbocycles. The average Bonchev–Trinajstić information content (AvgIpc) is 2.96. The first-order valence-electron chi connectivity index (χ1n) is 9.98. The second-order valence-corrected chi connectivity index (χ2v) is 9.00. The molecule has 1 aromatic carbocycles. The summed E-state index contributed by atoms with van der Waals surface area (Å²) < 4.78 is 39.8. The van der Waals surface area contributed by atoms with E-state index in [9.17, 15) is 18.4 Å². The van der Waals surface area contributed by atoms with Crippen molar-refractivity contribution in [2.24, 2.45) is 17.6 Å².